The molecule has 0 radical (unpaired) electrons. The van der Waals surface area contributed by atoms with Gasteiger partial charge in [-0.15, -0.1) is 0 Å². The molecule has 0 atom stereocenters. The summed E-state index contributed by atoms with van der Waals surface area (Å²) in [5.74, 6) is -2.92. The van der Waals surface area contributed by atoms with Gasteiger partial charge in [-0.25, -0.2) is 8.78 Å². The quantitative estimate of drug-likeness (QED) is 0.427. The number of aromatic nitrogens is 1. The Hall–Kier alpha value is -3.39. The lowest BCUT2D eigenvalue weighted by Gasteiger charge is -2.16. The van der Waals surface area contributed by atoms with Gasteiger partial charge in [0, 0.05) is 18.0 Å². The lowest BCUT2D eigenvalue weighted by molar-refractivity contribution is -0.136. The lowest BCUT2D eigenvalue weighted by atomic mass is 10.0. The highest BCUT2D eigenvalue weighted by atomic mass is 35.5. The molecule has 1 aromatic heterocycles. The van der Waals surface area contributed by atoms with Crippen molar-refractivity contribution < 1.29 is 28.2 Å². The number of ether oxygens (including phenoxy) is 1. The summed E-state index contributed by atoms with van der Waals surface area (Å²) < 4.78 is 34.1. The zero-order valence-corrected chi connectivity index (χ0v) is 18.8. The first-order valence-electron chi connectivity index (χ1n) is 10.2. The molecular weight excluding hydrogens is 454 g/mol. The van der Waals surface area contributed by atoms with E-state index in [0.29, 0.717) is 23.4 Å². The molecule has 3 aromatic rings. The van der Waals surface area contributed by atoms with E-state index in [1.165, 1.54) is 18.2 Å². The maximum atomic E-state index is 13.8. The normalized spacial score (nSPS) is 11.0. The number of nitrogens with zero attached hydrogens (tertiary/aromatic N) is 1. The molecule has 9 heteroatoms. The first kappa shape index (κ1) is 24.3. The van der Waals surface area contributed by atoms with E-state index in [2.05, 4.69) is 5.32 Å². The van der Waals surface area contributed by atoms with Crippen LogP contribution in [-0.2, 0) is 17.8 Å². The van der Waals surface area contributed by atoms with Crippen molar-refractivity contribution in [2.45, 2.75) is 32.7 Å². The second-order valence-corrected chi connectivity index (χ2v) is 8.13. The highest BCUT2D eigenvalue weighted by Crippen LogP contribution is 2.27. The zero-order valence-electron chi connectivity index (χ0n) is 18.1. The minimum atomic E-state index is -0.989. The number of amides is 1. The predicted octanol–water partition coefficient (Wildman–Crippen LogP) is 5.50. The first-order valence-corrected chi connectivity index (χ1v) is 10.6. The topological polar surface area (TPSA) is 80.6 Å². The molecule has 3 rings (SSSR count). The molecule has 0 aliphatic carbocycles. The van der Waals surface area contributed by atoms with Gasteiger partial charge in [0.05, 0.1) is 29.2 Å². The molecule has 0 aliphatic rings. The van der Waals surface area contributed by atoms with Crippen molar-refractivity contribution in [3.63, 3.8) is 0 Å². The van der Waals surface area contributed by atoms with E-state index in [1.54, 1.807) is 18.3 Å². The van der Waals surface area contributed by atoms with Crippen LogP contribution in [0, 0.1) is 11.6 Å². The van der Waals surface area contributed by atoms with E-state index < -0.39 is 23.5 Å². The number of aliphatic carboxylic acids is 1. The lowest BCUT2D eigenvalue weighted by Crippen LogP contribution is -2.17. The Labute approximate surface area is 194 Å². The van der Waals surface area contributed by atoms with Crippen molar-refractivity contribution in [1.82, 2.24) is 4.57 Å². The van der Waals surface area contributed by atoms with Gasteiger partial charge >= 0.3 is 5.97 Å². The van der Waals surface area contributed by atoms with Crippen LogP contribution in [0.15, 0.2) is 48.7 Å². The average Bonchev–Trinajstić information content (AvgIpc) is 3.16. The van der Waals surface area contributed by atoms with Crippen molar-refractivity contribution in [1.29, 1.82) is 0 Å². The molecule has 0 fully saturated rings. The number of nitrogens with one attached hydrogen (secondary N) is 1. The molecular formula is C24H23ClF2N2O4. The number of anilines is 1. The van der Waals surface area contributed by atoms with Crippen LogP contribution >= 0.6 is 11.6 Å². The van der Waals surface area contributed by atoms with Crippen molar-refractivity contribution >= 4 is 29.2 Å². The smallest absolute Gasteiger partial charge is 0.307 e. The summed E-state index contributed by atoms with van der Waals surface area (Å²) in [5.41, 5.74) is 2.00. The van der Waals surface area contributed by atoms with Crippen LogP contribution in [0.5, 0.6) is 5.75 Å². The van der Waals surface area contributed by atoms with Gasteiger partial charge in [0.2, 0.25) is 0 Å². The molecule has 1 amide bonds. The van der Waals surface area contributed by atoms with Gasteiger partial charge in [-0.2, -0.15) is 0 Å². The maximum Gasteiger partial charge on any atom is 0.307 e. The van der Waals surface area contributed by atoms with E-state index in [0.717, 1.165) is 17.8 Å². The van der Waals surface area contributed by atoms with Gasteiger partial charge < -0.3 is 19.7 Å². The van der Waals surface area contributed by atoms with E-state index in [-0.39, 0.29) is 29.7 Å². The molecule has 0 unspecified atom stereocenters. The molecule has 0 bridgehead atoms. The number of hydrogen-bond donors (Lipinski definition) is 2. The minimum absolute atomic E-state index is 0.0166. The number of carboxylic acids is 1. The second-order valence-electron chi connectivity index (χ2n) is 7.72. The van der Waals surface area contributed by atoms with Gasteiger partial charge in [-0.3, -0.25) is 9.59 Å². The van der Waals surface area contributed by atoms with Crippen LogP contribution in [0.2, 0.25) is 5.02 Å². The zero-order chi connectivity index (χ0) is 24.1. The average molecular weight is 477 g/mol. The molecule has 0 spiro atoms. The Morgan fingerprint density at radius 3 is 2.58 bits per heavy atom. The molecule has 0 aliphatic heterocycles. The van der Waals surface area contributed by atoms with Gasteiger partial charge in [0.25, 0.3) is 5.91 Å². The summed E-state index contributed by atoms with van der Waals surface area (Å²) in [6.45, 7) is 4.32. The molecule has 1 heterocycles. The van der Waals surface area contributed by atoms with E-state index in [9.17, 15) is 18.4 Å². The monoisotopic (exact) mass is 476 g/mol. The third-order valence-corrected chi connectivity index (χ3v) is 5.25. The number of carbonyl (C=O) groups excluding carboxylic acids is 1. The Kier molecular flexibility index (Phi) is 7.71. The Balaban J connectivity index is 1.75. The summed E-state index contributed by atoms with van der Waals surface area (Å²) >= 11 is 6.18. The van der Waals surface area contributed by atoms with Crippen molar-refractivity contribution in [2.75, 3.05) is 11.9 Å². The standard InChI is InChI=1S/C24H23ClF2N2O4/c1-14(2)23-17(24(32)28-20-11-15(12-22(30)31)3-5-18(20)25)7-8-29(23)9-10-33-21-6-4-16(26)13-19(21)27/h3-8,11,13-14H,9-10,12H2,1-2H3,(H,28,32)(H,30,31). The molecule has 174 valence electrons. The summed E-state index contributed by atoms with van der Waals surface area (Å²) in [4.78, 5) is 24.0. The van der Waals surface area contributed by atoms with Crippen LogP contribution in [0.4, 0.5) is 14.5 Å². The highest BCUT2D eigenvalue weighted by molar-refractivity contribution is 6.34. The number of halogens is 3. The highest BCUT2D eigenvalue weighted by Gasteiger charge is 2.20. The molecule has 0 saturated carbocycles. The van der Waals surface area contributed by atoms with Crippen LogP contribution in [0.1, 0.15) is 41.4 Å². The van der Waals surface area contributed by atoms with E-state index in [1.807, 2.05) is 18.4 Å². The summed E-state index contributed by atoms with van der Waals surface area (Å²) in [6.07, 6.45) is 1.54. The number of hydrogen-bond acceptors (Lipinski definition) is 3. The van der Waals surface area contributed by atoms with Crippen LogP contribution in [0.3, 0.4) is 0 Å². The van der Waals surface area contributed by atoms with E-state index >= 15 is 0 Å². The fourth-order valence-corrected chi connectivity index (χ4v) is 3.67. The number of rotatable bonds is 9. The van der Waals surface area contributed by atoms with Crippen LogP contribution in [-0.4, -0.2) is 28.2 Å². The van der Waals surface area contributed by atoms with Gasteiger partial charge in [-0.05, 0) is 41.8 Å². The third-order valence-electron chi connectivity index (χ3n) is 4.92. The van der Waals surface area contributed by atoms with Crippen LogP contribution in [0.25, 0.3) is 0 Å². The molecule has 2 N–H and O–H groups in total. The second kappa shape index (κ2) is 10.5. The fraction of sp³-hybridized carbons (Fsp3) is 0.250. The predicted molar refractivity (Wildman–Crippen MR) is 121 cm³/mol. The Morgan fingerprint density at radius 2 is 1.91 bits per heavy atom. The molecule has 33 heavy (non-hydrogen) atoms. The van der Waals surface area contributed by atoms with Gasteiger partial charge in [-0.1, -0.05) is 31.5 Å². The van der Waals surface area contributed by atoms with Crippen molar-refractivity contribution in [2.24, 2.45) is 0 Å². The third kappa shape index (κ3) is 6.10. The maximum absolute atomic E-state index is 13.8. The molecule has 6 nitrogen and oxygen atoms in total. The minimum Gasteiger partial charge on any atom is -0.489 e. The number of carboxylic acid groups (broad SMARTS) is 1. The fourth-order valence-electron chi connectivity index (χ4n) is 3.50. The summed E-state index contributed by atoms with van der Waals surface area (Å²) in [5, 5.41) is 12.0. The molecule has 0 saturated heterocycles. The number of benzene rings is 2. The van der Waals surface area contributed by atoms with Crippen molar-refractivity contribution in [3.05, 3.63) is 82.1 Å². The van der Waals surface area contributed by atoms with Gasteiger partial charge in [0.15, 0.2) is 11.6 Å². The summed E-state index contributed by atoms with van der Waals surface area (Å²) in [7, 11) is 0. The SMILES string of the molecule is CC(C)c1c(C(=O)Nc2cc(CC(=O)O)ccc2Cl)ccn1CCOc1ccc(F)cc1F. The Bertz CT molecular complexity index is 1180. The van der Waals surface area contributed by atoms with E-state index in [4.69, 9.17) is 21.4 Å². The molecule has 2 aromatic carbocycles. The number of carbonyl (C=O) groups is 2. The van der Waals surface area contributed by atoms with Crippen molar-refractivity contribution in [3.8, 4) is 5.75 Å². The largest absolute Gasteiger partial charge is 0.489 e. The first-order chi connectivity index (χ1) is 15.7. The van der Waals surface area contributed by atoms with Gasteiger partial charge in [0.1, 0.15) is 12.4 Å². The Morgan fingerprint density at radius 1 is 1.15 bits per heavy atom. The van der Waals surface area contributed by atoms with Crippen LogP contribution < -0.4 is 10.1 Å². The summed E-state index contributed by atoms with van der Waals surface area (Å²) in [6, 6.07) is 9.42.